The molecule has 0 unspecified atom stereocenters. The molecule has 0 spiro atoms. The molecule has 0 fully saturated rings. The molecule has 0 aliphatic rings. The van der Waals surface area contributed by atoms with Gasteiger partial charge in [-0.2, -0.15) is 0 Å². The Kier molecular flexibility index (Phi) is 5.28. The maximum Gasteiger partial charge on any atom is 0.278 e. The van der Waals surface area contributed by atoms with E-state index in [9.17, 15) is 4.79 Å². The van der Waals surface area contributed by atoms with Gasteiger partial charge in [-0.25, -0.2) is 4.68 Å². The third kappa shape index (κ3) is 3.57. The van der Waals surface area contributed by atoms with Crippen LogP contribution in [0.5, 0.6) is 5.75 Å². The summed E-state index contributed by atoms with van der Waals surface area (Å²) < 4.78 is 12.1. The predicted molar refractivity (Wildman–Crippen MR) is 97.8 cm³/mol. The molecule has 0 bridgehead atoms. The molecular formula is C19H20N4O3. The number of anilines is 1. The van der Waals surface area contributed by atoms with Crippen molar-refractivity contribution in [2.24, 2.45) is 0 Å². The Bertz CT molecular complexity index is 903. The van der Waals surface area contributed by atoms with Crippen LogP contribution in [0, 0.1) is 6.92 Å². The molecule has 7 nitrogen and oxygen atoms in total. The lowest BCUT2D eigenvalue weighted by molar-refractivity contribution is 0.101. The molecule has 0 aliphatic heterocycles. The first kappa shape index (κ1) is 17.6. The highest BCUT2D eigenvalue weighted by molar-refractivity contribution is 6.04. The van der Waals surface area contributed by atoms with E-state index < -0.39 is 0 Å². The van der Waals surface area contributed by atoms with Crippen LogP contribution in [-0.2, 0) is 11.3 Å². The van der Waals surface area contributed by atoms with Crippen LogP contribution in [0.25, 0.3) is 5.69 Å². The molecule has 0 saturated carbocycles. The number of para-hydroxylation sites is 2. The standard InChI is InChI=1S/C19H20N4O3/c1-13-8-10-14(11-9-13)23-16(12-25-2)18(21-22-23)19(24)20-15-6-4-5-7-17(15)26-3/h4-11H,12H2,1-3H3,(H,20,24). The number of hydrogen-bond donors (Lipinski definition) is 1. The van der Waals surface area contributed by atoms with Gasteiger partial charge < -0.3 is 14.8 Å². The number of amides is 1. The summed E-state index contributed by atoms with van der Waals surface area (Å²) in [5.41, 5.74) is 3.29. The van der Waals surface area contributed by atoms with E-state index in [4.69, 9.17) is 9.47 Å². The van der Waals surface area contributed by atoms with E-state index in [0.29, 0.717) is 17.1 Å². The summed E-state index contributed by atoms with van der Waals surface area (Å²) in [6.45, 7) is 2.21. The molecular weight excluding hydrogens is 332 g/mol. The van der Waals surface area contributed by atoms with Crippen LogP contribution in [0.2, 0.25) is 0 Å². The van der Waals surface area contributed by atoms with Gasteiger partial charge in [0.25, 0.3) is 5.91 Å². The molecule has 1 amide bonds. The normalized spacial score (nSPS) is 10.6. The first-order chi connectivity index (χ1) is 12.6. The number of rotatable bonds is 6. The van der Waals surface area contributed by atoms with E-state index in [0.717, 1.165) is 11.3 Å². The average molecular weight is 352 g/mol. The fraction of sp³-hybridized carbons (Fsp3) is 0.211. The van der Waals surface area contributed by atoms with E-state index in [1.54, 1.807) is 31.0 Å². The summed E-state index contributed by atoms with van der Waals surface area (Å²) in [5, 5.41) is 11.0. The minimum Gasteiger partial charge on any atom is -0.495 e. The number of carbonyl (C=O) groups excluding carboxylic acids is 1. The fourth-order valence-electron chi connectivity index (χ4n) is 2.57. The van der Waals surface area contributed by atoms with Gasteiger partial charge in [0.1, 0.15) is 11.4 Å². The molecule has 0 aliphatic carbocycles. The third-order valence-electron chi connectivity index (χ3n) is 3.89. The molecule has 1 heterocycles. The highest BCUT2D eigenvalue weighted by Crippen LogP contribution is 2.24. The summed E-state index contributed by atoms with van der Waals surface area (Å²) in [6.07, 6.45) is 0. The zero-order chi connectivity index (χ0) is 18.5. The summed E-state index contributed by atoms with van der Waals surface area (Å²) in [6, 6.07) is 15.0. The third-order valence-corrected chi connectivity index (χ3v) is 3.89. The number of ether oxygens (including phenoxy) is 2. The van der Waals surface area contributed by atoms with Crippen molar-refractivity contribution in [2.75, 3.05) is 19.5 Å². The SMILES string of the molecule is COCc1c(C(=O)Nc2ccccc2OC)nnn1-c1ccc(C)cc1. The number of benzene rings is 2. The van der Waals surface area contributed by atoms with Crippen molar-refractivity contribution < 1.29 is 14.3 Å². The van der Waals surface area contributed by atoms with Crippen molar-refractivity contribution in [2.45, 2.75) is 13.5 Å². The van der Waals surface area contributed by atoms with Gasteiger partial charge in [0.2, 0.25) is 0 Å². The van der Waals surface area contributed by atoms with E-state index >= 15 is 0 Å². The molecule has 0 atom stereocenters. The fourth-order valence-corrected chi connectivity index (χ4v) is 2.57. The molecule has 2 aromatic carbocycles. The molecule has 134 valence electrons. The van der Waals surface area contributed by atoms with Gasteiger partial charge in [0.05, 0.1) is 25.1 Å². The summed E-state index contributed by atoms with van der Waals surface area (Å²) in [7, 11) is 3.11. The number of aromatic nitrogens is 3. The second-order valence-electron chi connectivity index (χ2n) is 5.72. The molecule has 26 heavy (non-hydrogen) atoms. The molecule has 3 rings (SSSR count). The van der Waals surface area contributed by atoms with Crippen molar-refractivity contribution in [3.8, 4) is 11.4 Å². The lowest BCUT2D eigenvalue weighted by Crippen LogP contribution is -2.16. The maximum absolute atomic E-state index is 12.7. The molecule has 7 heteroatoms. The number of aryl methyl sites for hydroxylation is 1. The smallest absolute Gasteiger partial charge is 0.278 e. The largest absolute Gasteiger partial charge is 0.495 e. The Hall–Kier alpha value is -3.19. The highest BCUT2D eigenvalue weighted by Gasteiger charge is 2.21. The van der Waals surface area contributed by atoms with Crippen molar-refractivity contribution >= 4 is 11.6 Å². The Labute approximate surface area is 151 Å². The summed E-state index contributed by atoms with van der Waals surface area (Å²) in [4.78, 5) is 12.7. The molecule has 1 N–H and O–H groups in total. The Morgan fingerprint density at radius 3 is 2.54 bits per heavy atom. The highest BCUT2D eigenvalue weighted by atomic mass is 16.5. The second-order valence-corrected chi connectivity index (χ2v) is 5.72. The van der Waals surface area contributed by atoms with E-state index in [2.05, 4.69) is 15.6 Å². The number of nitrogens with zero attached hydrogens (tertiary/aromatic N) is 3. The first-order valence-electron chi connectivity index (χ1n) is 8.09. The lowest BCUT2D eigenvalue weighted by atomic mass is 10.2. The van der Waals surface area contributed by atoms with Crippen LogP contribution in [0.1, 0.15) is 21.7 Å². The first-order valence-corrected chi connectivity index (χ1v) is 8.09. The number of hydrogen-bond acceptors (Lipinski definition) is 5. The monoisotopic (exact) mass is 352 g/mol. The van der Waals surface area contributed by atoms with Crippen LogP contribution in [0.3, 0.4) is 0 Å². The average Bonchev–Trinajstić information content (AvgIpc) is 3.07. The Balaban J connectivity index is 1.94. The van der Waals surface area contributed by atoms with E-state index in [1.807, 2.05) is 43.3 Å². The van der Waals surface area contributed by atoms with Crippen LogP contribution >= 0.6 is 0 Å². The number of nitrogens with one attached hydrogen (secondary N) is 1. The maximum atomic E-state index is 12.7. The van der Waals surface area contributed by atoms with E-state index in [-0.39, 0.29) is 18.2 Å². The topological polar surface area (TPSA) is 78.3 Å². The predicted octanol–water partition coefficient (Wildman–Crippen LogP) is 2.98. The zero-order valence-corrected chi connectivity index (χ0v) is 14.9. The van der Waals surface area contributed by atoms with Crippen molar-refractivity contribution in [1.82, 2.24) is 15.0 Å². The van der Waals surface area contributed by atoms with Gasteiger partial charge >= 0.3 is 0 Å². The molecule has 0 radical (unpaired) electrons. The number of carbonyl (C=O) groups is 1. The second kappa shape index (κ2) is 7.79. The van der Waals surface area contributed by atoms with Gasteiger partial charge in [-0.1, -0.05) is 35.0 Å². The lowest BCUT2D eigenvalue weighted by Gasteiger charge is -2.10. The van der Waals surface area contributed by atoms with Crippen molar-refractivity contribution in [1.29, 1.82) is 0 Å². The van der Waals surface area contributed by atoms with Crippen LogP contribution in [0.4, 0.5) is 5.69 Å². The van der Waals surface area contributed by atoms with Crippen LogP contribution in [-0.4, -0.2) is 35.1 Å². The van der Waals surface area contributed by atoms with Crippen molar-refractivity contribution in [3.05, 3.63) is 65.5 Å². The van der Waals surface area contributed by atoms with E-state index in [1.165, 1.54) is 0 Å². The van der Waals surface area contributed by atoms with Gasteiger partial charge in [0, 0.05) is 7.11 Å². The van der Waals surface area contributed by atoms with Gasteiger partial charge in [-0.15, -0.1) is 5.10 Å². The zero-order valence-electron chi connectivity index (χ0n) is 14.9. The quantitative estimate of drug-likeness (QED) is 0.738. The molecule has 3 aromatic rings. The molecule has 0 saturated heterocycles. The van der Waals surface area contributed by atoms with Gasteiger partial charge in [-0.3, -0.25) is 4.79 Å². The van der Waals surface area contributed by atoms with Gasteiger partial charge in [0.15, 0.2) is 5.69 Å². The van der Waals surface area contributed by atoms with Crippen molar-refractivity contribution in [3.63, 3.8) is 0 Å². The molecule has 1 aromatic heterocycles. The van der Waals surface area contributed by atoms with Crippen LogP contribution < -0.4 is 10.1 Å². The minimum absolute atomic E-state index is 0.204. The van der Waals surface area contributed by atoms with Gasteiger partial charge in [-0.05, 0) is 31.2 Å². The Morgan fingerprint density at radius 1 is 1.12 bits per heavy atom. The minimum atomic E-state index is -0.375. The summed E-state index contributed by atoms with van der Waals surface area (Å²) >= 11 is 0. The van der Waals surface area contributed by atoms with Crippen LogP contribution in [0.15, 0.2) is 48.5 Å². The Morgan fingerprint density at radius 2 is 1.85 bits per heavy atom. The summed E-state index contributed by atoms with van der Waals surface area (Å²) in [5.74, 6) is 0.194. The number of methoxy groups -OCH3 is 2.